The molecule has 0 saturated carbocycles. The van der Waals surface area contributed by atoms with Gasteiger partial charge >= 0.3 is 0 Å². The van der Waals surface area contributed by atoms with Crippen molar-refractivity contribution in [3.63, 3.8) is 0 Å². The van der Waals surface area contributed by atoms with Crippen LogP contribution in [-0.4, -0.2) is 39.2 Å². The summed E-state index contributed by atoms with van der Waals surface area (Å²) in [7, 11) is 0. The van der Waals surface area contributed by atoms with Gasteiger partial charge in [0.25, 0.3) is 5.56 Å². The molecule has 2 aromatic heterocycles. The lowest BCUT2D eigenvalue weighted by atomic mass is 10.2. The minimum atomic E-state index is -0.170. The Labute approximate surface area is 168 Å². The molecule has 0 unspecified atom stereocenters. The first-order chi connectivity index (χ1) is 13.9. The largest absolute Gasteiger partial charge is 0.326 e. The van der Waals surface area contributed by atoms with E-state index < -0.39 is 0 Å². The molecule has 0 saturated heterocycles. The monoisotopic (exact) mass is 393 g/mol. The zero-order valence-corrected chi connectivity index (χ0v) is 16.4. The molecule has 0 atom stereocenters. The average molecular weight is 393 g/mol. The summed E-state index contributed by atoms with van der Waals surface area (Å²) in [4.78, 5) is 42.1. The van der Waals surface area contributed by atoms with E-state index in [-0.39, 0.29) is 23.9 Å². The van der Waals surface area contributed by atoms with Crippen LogP contribution in [0.1, 0.15) is 19.5 Å². The van der Waals surface area contributed by atoms with Crippen molar-refractivity contribution >= 4 is 28.8 Å². The van der Waals surface area contributed by atoms with Gasteiger partial charge in [-0.1, -0.05) is 13.0 Å². The van der Waals surface area contributed by atoms with Crippen molar-refractivity contribution in [1.82, 2.24) is 14.3 Å². The van der Waals surface area contributed by atoms with Crippen LogP contribution < -0.4 is 16.2 Å². The molecule has 0 bridgehead atoms. The number of benzene rings is 1. The number of fused-ring (bicyclic) bond motifs is 1. The van der Waals surface area contributed by atoms with E-state index in [1.54, 1.807) is 42.6 Å². The Morgan fingerprint density at radius 1 is 1.07 bits per heavy atom. The molecule has 2 amide bonds. The summed E-state index contributed by atoms with van der Waals surface area (Å²) < 4.78 is 1.48. The number of rotatable bonds is 7. The van der Waals surface area contributed by atoms with E-state index in [0.29, 0.717) is 35.8 Å². The van der Waals surface area contributed by atoms with Crippen molar-refractivity contribution < 1.29 is 9.59 Å². The fourth-order valence-corrected chi connectivity index (χ4v) is 2.94. The fourth-order valence-electron chi connectivity index (χ4n) is 2.94. The van der Waals surface area contributed by atoms with Crippen LogP contribution in [0.5, 0.6) is 0 Å². The summed E-state index contributed by atoms with van der Waals surface area (Å²) in [6, 6.07) is 13.8. The molecule has 3 aromatic rings. The topological polar surface area (TPSA) is 95.8 Å². The predicted octanol–water partition coefficient (Wildman–Crippen LogP) is 2.11. The summed E-state index contributed by atoms with van der Waals surface area (Å²) in [5.74, 6) is -0.320. The summed E-state index contributed by atoms with van der Waals surface area (Å²) in [6.07, 6.45) is 1.68. The first-order valence-corrected chi connectivity index (χ1v) is 9.32. The first-order valence-electron chi connectivity index (χ1n) is 9.32. The van der Waals surface area contributed by atoms with Gasteiger partial charge in [0.1, 0.15) is 5.65 Å². The van der Waals surface area contributed by atoms with Crippen LogP contribution in [0.15, 0.2) is 59.5 Å². The smallest absolute Gasteiger partial charge is 0.258 e. The number of carbonyl (C=O) groups is 2. The van der Waals surface area contributed by atoms with Gasteiger partial charge in [0.2, 0.25) is 11.8 Å². The van der Waals surface area contributed by atoms with E-state index in [0.717, 1.165) is 0 Å². The molecule has 3 rings (SSSR count). The molecular formula is C21H23N5O3. The third-order valence-corrected chi connectivity index (χ3v) is 4.31. The number of aromatic nitrogens is 2. The summed E-state index contributed by atoms with van der Waals surface area (Å²) in [5.41, 5.74) is 2.36. The minimum absolute atomic E-state index is 0.148. The van der Waals surface area contributed by atoms with Crippen LogP contribution in [0.2, 0.25) is 0 Å². The predicted molar refractivity (Wildman–Crippen MR) is 112 cm³/mol. The number of anilines is 2. The second-order valence-electron chi connectivity index (χ2n) is 6.62. The standard InChI is InChI=1S/C21H23N5O3/c1-3-25(13-18-12-21(29)26-11-5-4-6-19(26)23-18)14-20(28)24-17-9-7-16(8-10-17)22-15(2)27/h4-12H,3,13-14H2,1-2H3,(H,22,27)(H,24,28). The molecule has 0 radical (unpaired) electrons. The zero-order valence-electron chi connectivity index (χ0n) is 16.4. The Bertz CT molecular complexity index is 1080. The molecule has 0 fully saturated rings. The van der Waals surface area contributed by atoms with Gasteiger partial charge in [0.05, 0.1) is 12.2 Å². The molecule has 0 aliphatic rings. The van der Waals surface area contributed by atoms with Crippen molar-refractivity contribution in [2.75, 3.05) is 23.7 Å². The molecule has 29 heavy (non-hydrogen) atoms. The van der Waals surface area contributed by atoms with Crippen LogP contribution in [0, 0.1) is 0 Å². The number of nitrogens with zero attached hydrogens (tertiary/aromatic N) is 3. The number of nitrogens with one attached hydrogen (secondary N) is 2. The maximum Gasteiger partial charge on any atom is 0.258 e. The maximum absolute atomic E-state index is 12.4. The number of carbonyl (C=O) groups excluding carboxylic acids is 2. The molecule has 0 aliphatic heterocycles. The quantitative estimate of drug-likeness (QED) is 0.641. The minimum Gasteiger partial charge on any atom is -0.326 e. The van der Waals surface area contributed by atoms with Crippen LogP contribution in [-0.2, 0) is 16.1 Å². The lowest BCUT2D eigenvalue weighted by Gasteiger charge is -2.19. The Balaban J connectivity index is 1.63. The average Bonchev–Trinajstić information content (AvgIpc) is 2.68. The van der Waals surface area contributed by atoms with Gasteiger partial charge in [-0.05, 0) is 42.9 Å². The molecule has 0 spiro atoms. The Kier molecular flexibility index (Phi) is 6.36. The van der Waals surface area contributed by atoms with E-state index in [4.69, 9.17) is 0 Å². The Morgan fingerprint density at radius 3 is 2.41 bits per heavy atom. The van der Waals surface area contributed by atoms with Crippen molar-refractivity contribution in [3.8, 4) is 0 Å². The highest BCUT2D eigenvalue weighted by Crippen LogP contribution is 2.13. The van der Waals surface area contributed by atoms with Gasteiger partial charge in [-0.15, -0.1) is 0 Å². The van der Waals surface area contributed by atoms with Gasteiger partial charge in [-0.2, -0.15) is 0 Å². The number of amides is 2. The van der Waals surface area contributed by atoms with E-state index in [1.165, 1.54) is 17.4 Å². The third-order valence-electron chi connectivity index (χ3n) is 4.31. The molecule has 8 nitrogen and oxygen atoms in total. The lowest BCUT2D eigenvalue weighted by Crippen LogP contribution is -2.33. The van der Waals surface area contributed by atoms with Crippen molar-refractivity contribution in [2.45, 2.75) is 20.4 Å². The molecular weight excluding hydrogens is 370 g/mol. The van der Waals surface area contributed by atoms with Gasteiger partial charge in [-0.3, -0.25) is 23.7 Å². The van der Waals surface area contributed by atoms with Gasteiger partial charge in [-0.25, -0.2) is 4.98 Å². The second kappa shape index (κ2) is 9.11. The van der Waals surface area contributed by atoms with Crippen molar-refractivity contribution in [2.24, 2.45) is 0 Å². The van der Waals surface area contributed by atoms with E-state index in [2.05, 4.69) is 15.6 Å². The number of hydrogen-bond acceptors (Lipinski definition) is 5. The van der Waals surface area contributed by atoms with Gasteiger partial charge in [0.15, 0.2) is 0 Å². The molecule has 0 aliphatic carbocycles. The normalized spacial score (nSPS) is 10.9. The number of likely N-dealkylation sites (N-methyl/N-ethyl adjacent to an activating group) is 1. The molecule has 1 aromatic carbocycles. The van der Waals surface area contributed by atoms with Crippen LogP contribution in [0.25, 0.3) is 5.65 Å². The van der Waals surface area contributed by atoms with E-state index in [1.807, 2.05) is 17.9 Å². The highest BCUT2D eigenvalue weighted by Gasteiger charge is 2.12. The molecule has 2 heterocycles. The van der Waals surface area contributed by atoms with E-state index >= 15 is 0 Å². The van der Waals surface area contributed by atoms with Crippen LogP contribution in [0.3, 0.4) is 0 Å². The lowest BCUT2D eigenvalue weighted by molar-refractivity contribution is -0.117. The van der Waals surface area contributed by atoms with Crippen molar-refractivity contribution in [1.29, 1.82) is 0 Å². The second-order valence-corrected chi connectivity index (χ2v) is 6.62. The van der Waals surface area contributed by atoms with Crippen LogP contribution >= 0.6 is 0 Å². The third kappa shape index (κ3) is 5.49. The molecule has 8 heteroatoms. The number of pyridine rings is 1. The number of hydrogen-bond donors (Lipinski definition) is 2. The summed E-state index contributed by atoms with van der Waals surface area (Å²) in [5, 5.41) is 5.51. The summed E-state index contributed by atoms with van der Waals surface area (Å²) in [6.45, 7) is 4.58. The summed E-state index contributed by atoms with van der Waals surface area (Å²) >= 11 is 0. The van der Waals surface area contributed by atoms with Crippen molar-refractivity contribution in [3.05, 3.63) is 70.8 Å². The highest BCUT2D eigenvalue weighted by molar-refractivity contribution is 5.93. The van der Waals surface area contributed by atoms with Gasteiger partial charge in [0, 0.05) is 37.1 Å². The van der Waals surface area contributed by atoms with Crippen LogP contribution in [0.4, 0.5) is 11.4 Å². The SMILES string of the molecule is CCN(CC(=O)Nc1ccc(NC(C)=O)cc1)Cc1cc(=O)n2ccccc2n1. The Morgan fingerprint density at radius 2 is 1.76 bits per heavy atom. The first kappa shape index (κ1) is 20.2. The molecule has 150 valence electrons. The Hall–Kier alpha value is -3.52. The fraction of sp³-hybridized carbons (Fsp3) is 0.238. The van der Waals surface area contributed by atoms with E-state index in [9.17, 15) is 14.4 Å². The molecule has 2 N–H and O–H groups in total. The highest BCUT2D eigenvalue weighted by atomic mass is 16.2. The zero-order chi connectivity index (χ0) is 20.8. The van der Waals surface area contributed by atoms with Gasteiger partial charge < -0.3 is 10.6 Å². The maximum atomic E-state index is 12.4.